The van der Waals surface area contributed by atoms with Gasteiger partial charge in [0.1, 0.15) is 4.32 Å². The van der Waals surface area contributed by atoms with Gasteiger partial charge in [-0.1, -0.05) is 48.3 Å². The molecule has 1 fully saturated rings. The monoisotopic (exact) mass is 327 g/mol. The first kappa shape index (κ1) is 14.7. The Morgan fingerprint density at radius 2 is 2.09 bits per heavy atom. The van der Waals surface area contributed by atoms with Gasteiger partial charge >= 0.3 is 0 Å². The second-order valence-corrected chi connectivity index (χ2v) is 6.31. The average Bonchev–Trinajstić information content (AvgIpc) is 3.09. The molecule has 0 bridgehead atoms. The van der Waals surface area contributed by atoms with Crippen molar-refractivity contribution in [2.45, 2.75) is 0 Å². The van der Waals surface area contributed by atoms with Crippen molar-refractivity contribution >= 4 is 40.3 Å². The number of carbonyl (C=O) groups is 1. The SMILES string of the molecule is C=CCN1C(=O)/C(=C\c2cnn(-c3ccccc3)c2)SC1=S. The molecule has 0 spiro atoms. The summed E-state index contributed by atoms with van der Waals surface area (Å²) in [6.45, 7) is 4.08. The Balaban J connectivity index is 1.85. The van der Waals surface area contributed by atoms with Gasteiger partial charge in [-0.15, -0.1) is 6.58 Å². The standard InChI is InChI=1S/C16H13N3OS2/c1-2-8-18-15(20)14(22-16(18)21)9-12-10-17-19(11-12)13-6-4-3-5-7-13/h2-7,9-11H,1,8H2/b14-9+. The highest BCUT2D eigenvalue weighted by Crippen LogP contribution is 2.32. The zero-order valence-corrected chi connectivity index (χ0v) is 13.3. The minimum absolute atomic E-state index is 0.0811. The fourth-order valence-electron chi connectivity index (χ4n) is 2.07. The van der Waals surface area contributed by atoms with E-state index in [0.29, 0.717) is 15.8 Å². The van der Waals surface area contributed by atoms with Crippen LogP contribution in [0.4, 0.5) is 0 Å². The quantitative estimate of drug-likeness (QED) is 0.491. The molecule has 1 amide bonds. The van der Waals surface area contributed by atoms with Gasteiger partial charge in [0.05, 0.1) is 16.8 Å². The topological polar surface area (TPSA) is 38.1 Å². The lowest BCUT2D eigenvalue weighted by molar-refractivity contribution is -0.121. The van der Waals surface area contributed by atoms with Crippen LogP contribution in [0.2, 0.25) is 0 Å². The van der Waals surface area contributed by atoms with E-state index in [1.165, 1.54) is 11.8 Å². The van der Waals surface area contributed by atoms with E-state index in [4.69, 9.17) is 12.2 Å². The maximum absolute atomic E-state index is 12.3. The summed E-state index contributed by atoms with van der Waals surface area (Å²) in [5, 5.41) is 4.32. The van der Waals surface area contributed by atoms with Crippen molar-refractivity contribution in [3.05, 3.63) is 65.8 Å². The maximum Gasteiger partial charge on any atom is 0.266 e. The van der Waals surface area contributed by atoms with Crippen LogP contribution in [0.1, 0.15) is 5.56 Å². The normalized spacial score (nSPS) is 16.5. The van der Waals surface area contributed by atoms with E-state index in [1.807, 2.05) is 42.6 Å². The van der Waals surface area contributed by atoms with Gasteiger partial charge in [-0.25, -0.2) is 4.68 Å². The Morgan fingerprint density at radius 3 is 2.82 bits per heavy atom. The molecule has 0 aliphatic carbocycles. The van der Waals surface area contributed by atoms with Crippen molar-refractivity contribution in [1.29, 1.82) is 0 Å². The molecular formula is C16H13N3OS2. The molecule has 1 aliphatic heterocycles. The molecule has 1 aromatic carbocycles. The summed E-state index contributed by atoms with van der Waals surface area (Å²) in [5.41, 5.74) is 1.84. The molecule has 0 unspecified atom stereocenters. The molecule has 1 saturated heterocycles. The van der Waals surface area contributed by atoms with Gasteiger partial charge in [-0.2, -0.15) is 5.10 Å². The van der Waals surface area contributed by atoms with Crippen LogP contribution >= 0.6 is 24.0 Å². The summed E-state index contributed by atoms with van der Waals surface area (Å²) in [7, 11) is 0. The number of thioether (sulfide) groups is 1. The summed E-state index contributed by atoms with van der Waals surface area (Å²) < 4.78 is 2.34. The number of hydrogen-bond acceptors (Lipinski definition) is 4. The van der Waals surface area contributed by atoms with E-state index in [1.54, 1.807) is 21.9 Å². The van der Waals surface area contributed by atoms with Gasteiger partial charge < -0.3 is 0 Å². The molecule has 1 aliphatic rings. The average molecular weight is 327 g/mol. The third kappa shape index (κ3) is 2.88. The van der Waals surface area contributed by atoms with E-state index in [0.717, 1.165) is 11.3 Å². The second-order valence-electron chi connectivity index (χ2n) is 4.63. The van der Waals surface area contributed by atoms with Crippen LogP contribution in [-0.4, -0.2) is 31.5 Å². The highest BCUT2D eigenvalue weighted by atomic mass is 32.2. The number of amides is 1. The van der Waals surface area contributed by atoms with Gasteiger partial charge in [-0.3, -0.25) is 9.69 Å². The second kappa shape index (κ2) is 6.29. The number of carbonyl (C=O) groups excluding carboxylic acids is 1. The first-order chi connectivity index (χ1) is 10.7. The first-order valence-electron chi connectivity index (χ1n) is 6.65. The Kier molecular flexibility index (Phi) is 4.22. The zero-order valence-electron chi connectivity index (χ0n) is 11.7. The van der Waals surface area contributed by atoms with Gasteiger partial charge in [0.25, 0.3) is 5.91 Å². The molecule has 22 heavy (non-hydrogen) atoms. The lowest BCUT2D eigenvalue weighted by atomic mass is 10.3. The lowest BCUT2D eigenvalue weighted by Gasteiger charge is -2.10. The van der Waals surface area contributed by atoms with Crippen molar-refractivity contribution in [2.75, 3.05) is 6.54 Å². The summed E-state index contributed by atoms with van der Waals surface area (Å²) in [5.74, 6) is -0.0811. The molecule has 6 heteroatoms. The van der Waals surface area contributed by atoms with E-state index in [-0.39, 0.29) is 5.91 Å². The Morgan fingerprint density at radius 1 is 1.32 bits per heavy atom. The molecule has 2 aromatic rings. The van der Waals surface area contributed by atoms with Crippen molar-refractivity contribution in [3.8, 4) is 5.69 Å². The number of thiocarbonyl (C=S) groups is 1. The van der Waals surface area contributed by atoms with Crippen LogP contribution in [-0.2, 0) is 4.79 Å². The lowest BCUT2D eigenvalue weighted by Crippen LogP contribution is -2.27. The molecule has 2 heterocycles. The van der Waals surface area contributed by atoms with Crippen molar-refractivity contribution < 1.29 is 4.79 Å². The van der Waals surface area contributed by atoms with E-state index in [9.17, 15) is 4.79 Å². The fourth-order valence-corrected chi connectivity index (χ4v) is 3.35. The van der Waals surface area contributed by atoms with E-state index >= 15 is 0 Å². The van der Waals surface area contributed by atoms with Crippen LogP contribution in [0.15, 0.2) is 60.3 Å². The summed E-state index contributed by atoms with van der Waals surface area (Å²) in [4.78, 5) is 14.4. The molecule has 3 rings (SSSR count). The third-order valence-corrected chi connectivity index (χ3v) is 4.48. The maximum atomic E-state index is 12.3. The fraction of sp³-hybridized carbons (Fsp3) is 0.0625. The van der Waals surface area contributed by atoms with E-state index in [2.05, 4.69) is 11.7 Å². The number of rotatable bonds is 4. The van der Waals surface area contributed by atoms with Crippen LogP contribution < -0.4 is 0 Å². The van der Waals surface area contributed by atoms with Crippen LogP contribution in [0.3, 0.4) is 0 Å². The Bertz CT molecular complexity index is 765. The zero-order chi connectivity index (χ0) is 15.5. The van der Waals surface area contributed by atoms with Crippen molar-refractivity contribution in [2.24, 2.45) is 0 Å². The molecule has 0 radical (unpaired) electrons. The number of aromatic nitrogens is 2. The largest absolute Gasteiger partial charge is 0.289 e. The Hall–Kier alpha value is -2.18. The third-order valence-electron chi connectivity index (χ3n) is 3.11. The molecule has 1 aromatic heterocycles. The van der Waals surface area contributed by atoms with Crippen LogP contribution in [0.25, 0.3) is 11.8 Å². The number of nitrogens with zero attached hydrogens (tertiary/aromatic N) is 3. The van der Waals surface area contributed by atoms with Crippen LogP contribution in [0.5, 0.6) is 0 Å². The number of hydrogen-bond donors (Lipinski definition) is 0. The number of benzene rings is 1. The molecule has 0 atom stereocenters. The van der Waals surface area contributed by atoms with Crippen molar-refractivity contribution in [1.82, 2.24) is 14.7 Å². The minimum Gasteiger partial charge on any atom is -0.289 e. The molecule has 0 saturated carbocycles. The summed E-state index contributed by atoms with van der Waals surface area (Å²) in [6, 6.07) is 9.81. The minimum atomic E-state index is -0.0811. The molecule has 4 nitrogen and oxygen atoms in total. The smallest absolute Gasteiger partial charge is 0.266 e. The van der Waals surface area contributed by atoms with Gasteiger partial charge in [0.15, 0.2) is 0 Å². The van der Waals surface area contributed by atoms with Gasteiger partial charge in [-0.05, 0) is 18.2 Å². The predicted molar refractivity (Wildman–Crippen MR) is 93.6 cm³/mol. The summed E-state index contributed by atoms with van der Waals surface area (Å²) >= 11 is 6.52. The Labute approximate surface area is 138 Å². The van der Waals surface area contributed by atoms with Crippen LogP contribution in [0, 0.1) is 0 Å². The summed E-state index contributed by atoms with van der Waals surface area (Å²) in [6.07, 6.45) is 7.10. The highest BCUT2D eigenvalue weighted by Gasteiger charge is 2.30. The molecule has 110 valence electrons. The predicted octanol–water partition coefficient (Wildman–Crippen LogP) is 3.26. The van der Waals surface area contributed by atoms with Crippen molar-refractivity contribution in [3.63, 3.8) is 0 Å². The number of para-hydroxylation sites is 1. The van der Waals surface area contributed by atoms with Gasteiger partial charge in [0.2, 0.25) is 0 Å². The first-order valence-corrected chi connectivity index (χ1v) is 7.88. The molecule has 0 N–H and O–H groups in total. The van der Waals surface area contributed by atoms with E-state index < -0.39 is 0 Å². The van der Waals surface area contributed by atoms with Gasteiger partial charge in [0, 0.05) is 18.3 Å². The highest BCUT2D eigenvalue weighted by molar-refractivity contribution is 8.26. The molecular weight excluding hydrogens is 314 g/mol.